The van der Waals surface area contributed by atoms with E-state index in [2.05, 4.69) is 5.10 Å². The highest BCUT2D eigenvalue weighted by Crippen LogP contribution is 2.27. The van der Waals surface area contributed by atoms with Gasteiger partial charge in [-0.1, -0.05) is 0 Å². The molecule has 1 aliphatic heterocycles. The Morgan fingerprint density at radius 2 is 2.05 bits per heavy atom. The second kappa shape index (κ2) is 6.25. The first-order valence-electron chi connectivity index (χ1n) is 6.47. The Hall–Kier alpha value is -2.57. The van der Waals surface area contributed by atoms with Crippen LogP contribution in [0.5, 0.6) is 5.75 Å². The van der Waals surface area contributed by atoms with Gasteiger partial charge in [-0.15, -0.1) is 0 Å². The average Bonchev–Trinajstić information content (AvgIpc) is 2.93. The molecule has 1 N–H and O–H groups in total. The van der Waals surface area contributed by atoms with Crippen LogP contribution in [0, 0.1) is 0 Å². The van der Waals surface area contributed by atoms with Crippen molar-refractivity contribution in [3.05, 3.63) is 24.3 Å². The number of hydrazone groups is 1. The molecule has 1 atom stereocenters. The third kappa shape index (κ3) is 3.13. The van der Waals surface area contributed by atoms with Crippen LogP contribution in [0.15, 0.2) is 29.4 Å². The summed E-state index contributed by atoms with van der Waals surface area (Å²) in [6.07, 6.45) is 0.0141. The Labute approximate surface area is 121 Å². The average molecular weight is 292 g/mol. The van der Waals surface area contributed by atoms with Crippen LogP contribution >= 0.6 is 0 Å². The number of esters is 1. The summed E-state index contributed by atoms with van der Waals surface area (Å²) in [7, 11) is 1.54. The number of methoxy groups -OCH3 is 1. The van der Waals surface area contributed by atoms with Crippen LogP contribution in [0.2, 0.25) is 0 Å². The van der Waals surface area contributed by atoms with Gasteiger partial charge in [0.2, 0.25) is 0 Å². The Bertz CT molecular complexity index is 567. The molecule has 1 heterocycles. The standard InChI is InChI=1S/C14H16N2O5/c1-3-21-14(19)11-8-12(13(17)18)16(15-11)9-4-6-10(20-2)7-5-9/h4-7,12H,3,8H2,1-2H3,(H,17,18). The summed E-state index contributed by atoms with van der Waals surface area (Å²) >= 11 is 0. The van der Waals surface area contributed by atoms with Crippen molar-refractivity contribution in [2.75, 3.05) is 18.7 Å². The van der Waals surface area contributed by atoms with Crippen molar-refractivity contribution in [1.82, 2.24) is 0 Å². The lowest BCUT2D eigenvalue weighted by Gasteiger charge is -2.20. The monoisotopic (exact) mass is 292 g/mol. The smallest absolute Gasteiger partial charge is 0.354 e. The largest absolute Gasteiger partial charge is 0.497 e. The first kappa shape index (κ1) is 14.8. The third-order valence-corrected chi connectivity index (χ3v) is 3.04. The van der Waals surface area contributed by atoms with Gasteiger partial charge >= 0.3 is 11.9 Å². The minimum absolute atomic E-state index is 0.0141. The number of nitrogens with zero attached hydrogens (tertiary/aromatic N) is 2. The number of benzene rings is 1. The Balaban J connectivity index is 2.28. The molecular weight excluding hydrogens is 276 g/mol. The normalized spacial score (nSPS) is 17.3. The van der Waals surface area contributed by atoms with E-state index in [1.165, 1.54) is 5.01 Å². The predicted molar refractivity (Wildman–Crippen MR) is 75.6 cm³/mol. The molecule has 112 valence electrons. The number of hydrogen-bond acceptors (Lipinski definition) is 6. The molecule has 2 rings (SSSR count). The molecule has 7 nitrogen and oxygen atoms in total. The summed E-state index contributed by atoms with van der Waals surface area (Å²) in [6, 6.07) is 5.86. The molecule has 0 radical (unpaired) electrons. The lowest BCUT2D eigenvalue weighted by Crippen LogP contribution is -2.34. The molecule has 1 aromatic carbocycles. The fraction of sp³-hybridized carbons (Fsp3) is 0.357. The highest BCUT2D eigenvalue weighted by atomic mass is 16.5. The van der Waals surface area contributed by atoms with Gasteiger partial charge in [-0.25, -0.2) is 9.59 Å². The number of anilines is 1. The fourth-order valence-corrected chi connectivity index (χ4v) is 2.01. The van der Waals surface area contributed by atoms with Crippen molar-refractivity contribution in [3.63, 3.8) is 0 Å². The molecule has 0 spiro atoms. The van der Waals surface area contributed by atoms with Gasteiger partial charge in [0.05, 0.1) is 19.4 Å². The Kier molecular flexibility index (Phi) is 4.42. The number of carbonyl (C=O) groups excluding carboxylic acids is 1. The lowest BCUT2D eigenvalue weighted by atomic mass is 10.1. The van der Waals surface area contributed by atoms with Gasteiger partial charge in [0.15, 0.2) is 6.04 Å². The Morgan fingerprint density at radius 3 is 2.57 bits per heavy atom. The van der Waals surface area contributed by atoms with Crippen molar-refractivity contribution >= 4 is 23.3 Å². The summed E-state index contributed by atoms with van der Waals surface area (Å²) in [5, 5.41) is 14.7. The first-order chi connectivity index (χ1) is 10.1. The van der Waals surface area contributed by atoms with Crippen LogP contribution in [0.3, 0.4) is 0 Å². The van der Waals surface area contributed by atoms with Gasteiger partial charge in [-0.3, -0.25) is 5.01 Å². The summed E-state index contributed by atoms with van der Waals surface area (Å²) in [6.45, 7) is 1.90. The number of rotatable bonds is 5. The maximum Gasteiger partial charge on any atom is 0.354 e. The third-order valence-electron chi connectivity index (χ3n) is 3.04. The van der Waals surface area contributed by atoms with Crippen molar-refractivity contribution < 1.29 is 24.2 Å². The van der Waals surface area contributed by atoms with E-state index in [1.54, 1.807) is 38.3 Å². The highest BCUT2D eigenvalue weighted by molar-refractivity contribution is 6.38. The highest BCUT2D eigenvalue weighted by Gasteiger charge is 2.36. The molecule has 0 aliphatic carbocycles. The number of carbonyl (C=O) groups is 2. The second-order valence-corrected chi connectivity index (χ2v) is 4.37. The number of hydrogen-bond donors (Lipinski definition) is 1. The molecule has 0 amide bonds. The number of ether oxygens (including phenoxy) is 2. The molecule has 0 aromatic heterocycles. The lowest BCUT2D eigenvalue weighted by molar-refractivity contribution is -0.138. The van der Waals surface area contributed by atoms with E-state index in [9.17, 15) is 14.7 Å². The van der Waals surface area contributed by atoms with Crippen LogP contribution in [-0.2, 0) is 14.3 Å². The number of carboxylic acids is 1. The van der Waals surface area contributed by atoms with Crippen molar-refractivity contribution in [3.8, 4) is 5.75 Å². The van der Waals surface area contributed by atoms with Crippen LogP contribution < -0.4 is 9.75 Å². The molecule has 0 bridgehead atoms. The number of carboxylic acid groups (broad SMARTS) is 1. The van der Waals surface area contributed by atoms with E-state index in [-0.39, 0.29) is 18.7 Å². The zero-order chi connectivity index (χ0) is 15.4. The Morgan fingerprint density at radius 1 is 1.38 bits per heavy atom. The predicted octanol–water partition coefficient (Wildman–Crippen LogP) is 1.28. The molecule has 1 aromatic rings. The summed E-state index contributed by atoms with van der Waals surface area (Å²) in [5.74, 6) is -0.979. The number of aliphatic carboxylic acids is 1. The molecule has 0 fully saturated rings. The summed E-state index contributed by atoms with van der Waals surface area (Å²) < 4.78 is 9.92. The van der Waals surface area contributed by atoms with Gasteiger partial charge in [0.25, 0.3) is 0 Å². The van der Waals surface area contributed by atoms with E-state index in [4.69, 9.17) is 9.47 Å². The van der Waals surface area contributed by atoms with Crippen molar-refractivity contribution in [2.24, 2.45) is 5.10 Å². The molecule has 1 aliphatic rings. The molecule has 0 saturated heterocycles. The SMILES string of the molecule is CCOC(=O)C1=NN(c2ccc(OC)cc2)C(C(=O)O)C1. The second-order valence-electron chi connectivity index (χ2n) is 4.37. The molecule has 0 saturated carbocycles. The van der Waals surface area contributed by atoms with Gasteiger partial charge in [0, 0.05) is 6.42 Å². The maximum absolute atomic E-state index is 11.7. The van der Waals surface area contributed by atoms with Crippen molar-refractivity contribution in [1.29, 1.82) is 0 Å². The van der Waals surface area contributed by atoms with Gasteiger partial charge in [0.1, 0.15) is 11.5 Å². The molecule has 1 unspecified atom stereocenters. The molecule has 21 heavy (non-hydrogen) atoms. The van der Waals surface area contributed by atoms with Gasteiger partial charge in [-0.05, 0) is 31.2 Å². The summed E-state index contributed by atoms with van der Waals surface area (Å²) in [4.78, 5) is 23.0. The molecule has 7 heteroatoms. The van der Waals surface area contributed by atoms with E-state index in [0.29, 0.717) is 11.4 Å². The van der Waals surface area contributed by atoms with E-state index >= 15 is 0 Å². The zero-order valence-electron chi connectivity index (χ0n) is 11.8. The maximum atomic E-state index is 11.7. The van der Waals surface area contributed by atoms with Crippen LogP contribution in [0.4, 0.5) is 5.69 Å². The van der Waals surface area contributed by atoms with Crippen LogP contribution in [-0.4, -0.2) is 42.5 Å². The zero-order valence-corrected chi connectivity index (χ0v) is 11.8. The summed E-state index contributed by atoms with van der Waals surface area (Å²) in [5.41, 5.74) is 0.683. The van der Waals surface area contributed by atoms with E-state index in [1.807, 2.05) is 0 Å². The quantitative estimate of drug-likeness (QED) is 0.822. The van der Waals surface area contributed by atoms with Crippen molar-refractivity contribution in [2.45, 2.75) is 19.4 Å². The topological polar surface area (TPSA) is 88.4 Å². The van der Waals surface area contributed by atoms with Gasteiger partial charge < -0.3 is 14.6 Å². The van der Waals surface area contributed by atoms with E-state index in [0.717, 1.165) is 0 Å². The minimum atomic E-state index is -1.05. The van der Waals surface area contributed by atoms with Crippen LogP contribution in [0.25, 0.3) is 0 Å². The molecular formula is C14H16N2O5. The van der Waals surface area contributed by atoms with E-state index < -0.39 is 18.0 Å². The van der Waals surface area contributed by atoms with Gasteiger partial charge in [-0.2, -0.15) is 5.10 Å². The first-order valence-corrected chi connectivity index (χ1v) is 6.47. The van der Waals surface area contributed by atoms with Crippen LogP contribution in [0.1, 0.15) is 13.3 Å². The minimum Gasteiger partial charge on any atom is -0.497 e. The fourth-order valence-electron chi connectivity index (χ4n) is 2.01.